The van der Waals surface area contributed by atoms with Crippen molar-refractivity contribution in [2.45, 2.75) is 24.5 Å². The number of nitrogens with two attached hydrogens (primary N) is 1. The van der Waals surface area contributed by atoms with Gasteiger partial charge in [0.25, 0.3) is 5.91 Å². The number of hydrogen-bond acceptors (Lipinski definition) is 9. The Bertz CT molecular complexity index is 1590. The van der Waals surface area contributed by atoms with E-state index in [4.69, 9.17) is 5.73 Å². The molecule has 0 unspecified atom stereocenters. The topological polar surface area (TPSA) is 182 Å². The number of rotatable bonds is 2. The Morgan fingerprint density at radius 1 is 1.08 bits per heavy atom. The lowest BCUT2D eigenvalue weighted by Crippen LogP contribution is -2.63. The number of hydrogen-bond donors (Lipinski definition) is 6. The number of fused-ring (bicyclic) bond motifs is 3. The second-order valence-electron chi connectivity index (χ2n) is 10.2. The molecule has 0 fully saturated rings. The van der Waals surface area contributed by atoms with Gasteiger partial charge in [-0.2, -0.15) is 0 Å². The predicted molar refractivity (Wildman–Crippen MR) is 138 cm³/mol. The van der Waals surface area contributed by atoms with E-state index in [1.807, 2.05) is 0 Å². The first-order valence-electron chi connectivity index (χ1n) is 12.2. The largest absolute Gasteiger partial charge is 0.510 e. The maximum Gasteiger partial charge on any atom is 0.255 e. The maximum absolute atomic E-state index is 13.7. The number of aromatic hydroxyl groups is 2. The number of primary amides is 1. The van der Waals surface area contributed by atoms with Gasteiger partial charge >= 0.3 is 0 Å². The van der Waals surface area contributed by atoms with E-state index in [9.17, 15) is 39.9 Å². The number of likely N-dealkylation sites (N-methyl/N-ethyl adjacent to an activating group) is 1. The van der Waals surface area contributed by atoms with Crippen molar-refractivity contribution in [3.8, 4) is 23.3 Å². The number of ketones is 2. The molecule has 3 aliphatic rings. The summed E-state index contributed by atoms with van der Waals surface area (Å²) in [7, 11) is 3.14. The lowest BCUT2D eigenvalue weighted by atomic mass is 9.58. The highest BCUT2D eigenvalue weighted by atomic mass is 16.3. The van der Waals surface area contributed by atoms with Gasteiger partial charge < -0.3 is 31.3 Å². The smallest absolute Gasteiger partial charge is 0.255 e. The summed E-state index contributed by atoms with van der Waals surface area (Å²) in [6.45, 7) is 0. The highest BCUT2D eigenvalue weighted by Gasteiger charge is 2.63. The third kappa shape index (κ3) is 3.78. The van der Waals surface area contributed by atoms with E-state index in [1.54, 1.807) is 32.3 Å². The Balaban J connectivity index is 1.67. The van der Waals surface area contributed by atoms with Crippen molar-refractivity contribution in [1.29, 1.82) is 0 Å². The lowest BCUT2D eigenvalue weighted by Gasteiger charge is -2.50. The third-order valence-electron chi connectivity index (χ3n) is 7.79. The van der Waals surface area contributed by atoms with Gasteiger partial charge in [0.1, 0.15) is 28.6 Å². The third-order valence-corrected chi connectivity index (χ3v) is 7.79. The van der Waals surface area contributed by atoms with Crippen molar-refractivity contribution < 1.29 is 39.9 Å². The van der Waals surface area contributed by atoms with E-state index < -0.39 is 58.0 Å². The predicted octanol–water partition coefficient (Wildman–Crippen LogP) is 1.23. The Morgan fingerprint density at radius 2 is 1.79 bits per heavy atom. The minimum Gasteiger partial charge on any atom is -0.510 e. The van der Waals surface area contributed by atoms with Gasteiger partial charge in [-0.3, -0.25) is 19.3 Å². The summed E-state index contributed by atoms with van der Waals surface area (Å²) in [5, 5.41) is 54.2. The fraction of sp³-hybridized carbons (Fsp3) is 0.276. The van der Waals surface area contributed by atoms with E-state index >= 15 is 0 Å². The summed E-state index contributed by atoms with van der Waals surface area (Å²) in [4.78, 5) is 40.6. The van der Waals surface area contributed by atoms with E-state index in [1.165, 1.54) is 23.1 Å². The Labute approximate surface area is 223 Å². The first-order valence-corrected chi connectivity index (χ1v) is 12.2. The van der Waals surface area contributed by atoms with Crippen LogP contribution < -0.4 is 5.73 Å². The summed E-state index contributed by atoms with van der Waals surface area (Å²) in [5.74, 6) is -1.09. The minimum absolute atomic E-state index is 0.0131. The summed E-state index contributed by atoms with van der Waals surface area (Å²) >= 11 is 0. The zero-order valence-electron chi connectivity index (χ0n) is 21.1. The quantitative estimate of drug-likeness (QED) is 0.246. The number of benzene rings is 2. The molecule has 0 bridgehead atoms. The molecule has 2 aromatic rings. The Morgan fingerprint density at radius 3 is 2.44 bits per heavy atom. The number of aliphatic hydroxyl groups is 3. The van der Waals surface area contributed by atoms with Crippen molar-refractivity contribution in [3.63, 3.8) is 0 Å². The molecule has 39 heavy (non-hydrogen) atoms. The van der Waals surface area contributed by atoms with Crippen LogP contribution in [0.1, 0.15) is 33.5 Å². The first-order chi connectivity index (χ1) is 18.4. The molecule has 0 radical (unpaired) electrons. The van der Waals surface area contributed by atoms with Crippen LogP contribution in [0, 0.1) is 23.7 Å². The van der Waals surface area contributed by atoms with Crippen LogP contribution in [0.15, 0.2) is 59.1 Å². The van der Waals surface area contributed by atoms with Crippen LogP contribution in [0.3, 0.4) is 0 Å². The molecule has 3 aliphatic carbocycles. The van der Waals surface area contributed by atoms with Crippen LogP contribution in [0.5, 0.6) is 11.5 Å². The summed E-state index contributed by atoms with van der Waals surface area (Å²) in [6.07, 6.45) is 0.119. The van der Waals surface area contributed by atoms with Crippen LogP contribution in [-0.2, 0) is 16.0 Å². The van der Waals surface area contributed by atoms with Gasteiger partial charge in [0.05, 0.1) is 11.6 Å². The summed E-state index contributed by atoms with van der Waals surface area (Å²) in [6, 6.07) is 8.11. The molecule has 7 N–H and O–H groups in total. The molecule has 0 saturated heterocycles. The number of Topliss-reactive ketones (excluding diaryl/α,β-unsaturated/α-hetero) is 2. The van der Waals surface area contributed by atoms with Gasteiger partial charge in [-0.1, -0.05) is 17.9 Å². The second-order valence-corrected chi connectivity index (χ2v) is 10.2. The van der Waals surface area contributed by atoms with Gasteiger partial charge in [-0.15, -0.1) is 0 Å². The molecule has 0 saturated carbocycles. The number of carbonyl (C=O) groups excluding carboxylic acids is 3. The van der Waals surface area contributed by atoms with Crippen molar-refractivity contribution in [2.75, 3.05) is 14.1 Å². The van der Waals surface area contributed by atoms with Gasteiger partial charge in [0.2, 0.25) is 5.78 Å². The highest BCUT2D eigenvalue weighted by Crippen LogP contribution is 2.52. The average Bonchev–Trinajstić information content (AvgIpc) is 2.85. The van der Waals surface area contributed by atoms with E-state index in [0.29, 0.717) is 16.7 Å². The Kier molecular flexibility index (Phi) is 6.01. The molecule has 4 atom stereocenters. The number of phenolic OH excluding ortho intramolecular Hbond substituents is 2. The van der Waals surface area contributed by atoms with Crippen LogP contribution in [0.4, 0.5) is 0 Å². The standard InChI is InChI=1S/C29H26N2O8/c1-31(2)23-18-12-15-11-17-14(7-6-13-4-3-5-16(32)10-13)8-9-19(33)21(17)24(34)20(15)26(36)29(18,39)27(37)22(25(23)35)28(30)38/h3-5,8-10,15,18,23,32-33,35-36,39H,11-12H2,1-2H3,(H2,30,38)/t15-,18-,23+,29+/m0/s1. The molecular weight excluding hydrogens is 504 g/mol. The van der Waals surface area contributed by atoms with Crippen molar-refractivity contribution >= 4 is 17.5 Å². The van der Waals surface area contributed by atoms with Crippen LogP contribution >= 0.6 is 0 Å². The number of amides is 1. The maximum atomic E-state index is 13.7. The monoisotopic (exact) mass is 530 g/mol. The molecular formula is C29H26N2O8. The van der Waals surface area contributed by atoms with E-state index in [2.05, 4.69) is 11.8 Å². The average molecular weight is 531 g/mol. The number of nitrogens with zero attached hydrogens (tertiary/aromatic N) is 1. The SMILES string of the molecule is CN(C)[C@H]1C(O)=C(C(N)=O)C(=O)[C@]2(O)C(O)=C3C(=O)c4c(O)ccc(C#Cc5cccc(O)c5)c4C[C@H]3C[C@@H]12. The fourth-order valence-corrected chi connectivity index (χ4v) is 6.09. The van der Waals surface area contributed by atoms with Gasteiger partial charge in [-0.05, 0) is 68.8 Å². The van der Waals surface area contributed by atoms with Crippen molar-refractivity contribution in [3.05, 3.63) is 81.3 Å². The van der Waals surface area contributed by atoms with Gasteiger partial charge in [0, 0.05) is 22.6 Å². The number of allylic oxidation sites excluding steroid dienone is 1. The zero-order valence-corrected chi connectivity index (χ0v) is 21.1. The molecule has 10 nitrogen and oxygen atoms in total. The summed E-state index contributed by atoms with van der Waals surface area (Å²) in [5.41, 5.74) is 2.87. The summed E-state index contributed by atoms with van der Waals surface area (Å²) < 4.78 is 0. The zero-order chi connectivity index (χ0) is 28.4. The van der Waals surface area contributed by atoms with Crippen LogP contribution in [-0.4, -0.2) is 73.6 Å². The highest BCUT2D eigenvalue weighted by molar-refractivity contribution is 6.24. The molecule has 0 heterocycles. The van der Waals surface area contributed by atoms with Crippen molar-refractivity contribution in [2.24, 2.45) is 17.6 Å². The minimum atomic E-state index is -2.69. The van der Waals surface area contributed by atoms with Crippen LogP contribution in [0.2, 0.25) is 0 Å². The number of carbonyl (C=O) groups is 3. The Hall–Kier alpha value is -4.59. The molecule has 200 valence electrons. The second kappa shape index (κ2) is 9.01. The lowest BCUT2D eigenvalue weighted by molar-refractivity contribution is -0.148. The molecule has 2 aromatic carbocycles. The number of aliphatic hydroxyl groups excluding tert-OH is 2. The first kappa shape index (κ1) is 26.0. The van der Waals surface area contributed by atoms with Gasteiger partial charge in [0.15, 0.2) is 11.4 Å². The van der Waals surface area contributed by atoms with Gasteiger partial charge in [-0.25, -0.2) is 0 Å². The van der Waals surface area contributed by atoms with Crippen molar-refractivity contribution in [1.82, 2.24) is 4.90 Å². The van der Waals surface area contributed by atoms with E-state index in [-0.39, 0.29) is 35.5 Å². The molecule has 0 aliphatic heterocycles. The molecule has 0 aromatic heterocycles. The molecule has 1 amide bonds. The normalized spacial score (nSPS) is 26.0. The fourth-order valence-electron chi connectivity index (χ4n) is 6.09. The number of phenols is 2. The van der Waals surface area contributed by atoms with Crippen LogP contribution in [0.25, 0.3) is 0 Å². The molecule has 5 rings (SSSR count). The molecule has 10 heteroatoms. The molecule has 0 spiro atoms. The van der Waals surface area contributed by atoms with E-state index in [0.717, 1.165) is 0 Å².